The van der Waals surface area contributed by atoms with Crippen LogP contribution in [0.3, 0.4) is 0 Å². The van der Waals surface area contributed by atoms with Gasteiger partial charge in [0.25, 0.3) is 0 Å². The molecular weight excluding hydrogens is 236 g/mol. The number of esters is 1. The highest BCUT2D eigenvalue weighted by molar-refractivity contribution is 5.80. The Hall–Kier alpha value is -1.57. The highest BCUT2D eigenvalue weighted by atomic mass is 16.5. The Morgan fingerprint density at radius 1 is 1.32 bits per heavy atom. The zero-order chi connectivity index (χ0) is 13.5. The molecule has 1 aromatic carbocycles. The van der Waals surface area contributed by atoms with Crippen LogP contribution < -0.4 is 0 Å². The first-order chi connectivity index (χ1) is 9.17. The SMILES string of the molecule is CCOC(=O)C1(C)C2C=CC(C2)C1c1ccccc1. The van der Waals surface area contributed by atoms with Crippen molar-refractivity contribution in [2.45, 2.75) is 26.2 Å². The Kier molecular flexibility index (Phi) is 2.96. The summed E-state index contributed by atoms with van der Waals surface area (Å²) in [5.74, 6) is 1.01. The molecular formula is C17H20O2. The van der Waals surface area contributed by atoms with Gasteiger partial charge in [-0.25, -0.2) is 0 Å². The molecule has 0 aliphatic heterocycles. The molecule has 3 rings (SSSR count). The van der Waals surface area contributed by atoms with Gasteiger partial charge in [-0.05, 0) is 37.7 Å². The summed E-state index contributed by atoms with van der Waals surface area (Å²) in [5, 5.41) is 0. The van der Waals surface area contributed by atoms with Gasteiger partial charge in [-0.3, -0.25) is 4.79 Å². The van der Waals surface area contributed by atoms with Gasteiger partial charge in [0.15, 0.2) is 0 Å². The average molecular weight is 256 g/mol. The molecule has 0 saturated heterocycles. The van der Waals surface area contributed by atoms with Crippen LogP contribution in [-0.4, -0.2) is 12.6 Å². The van der Waals surface area contributed by atoms with Crippen molar-refractivity contribution in [3.63, 3.8) is 0 Å². The molecule has 0 spiro atoms. The second kappa shape index (κ2) is 4.52. The molecule has 0 heterocycles. The minimum atomic E-state index is -0.406. The van der Waals surface area contributed by atoms with Crippen LogP contribution in [-0.2, 0) is 9.53 Å². The monoisotopic (exact) mass is 256 g/mol. The second-order valence-corrected chi connectivity index (χ2v) is 5.78. The lowest BCUT2D eigenvalue weighted by Crippen LogP contribution is -2.39. The van der Waals surface area contributed by atoms with Gasteiger partial charge in [0.05, 0.1) is 12.0 Å². The van der Waals surface area contributed by atoms with Crippen molar-refractivity contribution in [3.8, 4) is 0 Å². The fourth-order valence-corrected chi connectivity index (χ4v) is 3.91. The van der Waals surface area contributed by atoms with Crippen LogP contribution in [0.1, 0.15) is 31.7 Å². The van der Waals surface area contributed by atoms with Crippen molar-refractivity contribution < 1.29 is 9.53 Å². The maximum absolute atomic E-state index is 12.5. The normalized spacial score (nSPS) is 35.6. The lowest BCUT2D eigenvalue weighted by molar-refractivity contribution is -0.157. The maximum Gasteiger partial charge on any atom is 0.313 e. The topological polar surface area (TPSA) is 26.3 Å². The van der Waals surface area contributed by atoms with E-state index >= 15 is 0 Å². The fourth-order valence-electron chi connectivity index (χ4n) is 3.91. The van der Waals surface area contributed by atoms with E-state index in [9.17, 15) is 4.79 Å². The zero-order valence-corrected chi connectivity index (χ0v) is 11.5. The standard InChI is InChI=1S/C17H20O2/c1-3-19-16(18)17(2)14-10-9-13(11-14)15(17)12-7-5-4-6-8-12/h4-10,13-15H,3,11H2,1-2H3. The number of carbonyl (C=O) groups excluding carboxylic acids is 1. The molecule has 2 aliphatic rings. The molecule has 1 saturated carbocycles. The van der Waals surface area contributed by atoms with Crippen molar-refractivity contribution in [3.05, 3.63) is 48.0 Å². The minimum absolute atomic E-state index is 0.0410. The molecule has 0 radical (unpaired) electrons. The summed E-state index contributed by atoms with van der Waals surface area (Å²) in [5.41, 5.74) is 0.853. The van der Waals surface area contributed by atoms with Crippen LogP contribution in [0.2, 0.25) is 0 Å². The number of hydrogen-bond acceptors (Lipinski definition) is 2. The molecule has 0 aromatic heterocycles. The first kappa shape index (κ1) is 12.5. The molecule has 2 heteroatoms. The summed E-state index contributed by atoms with van der Waals surface area (Å²) in [6.07, 6.45) is 5.57. The molecule has 0 amide bonds. The minimum Gasteiger partial charge on any atom is -0.466 e. The number of hydrogen-bond donors (Lipinski definition) is 0. The van der Waals surface area contributed by atoms with Gasteiger partial charge >= 0.3 is 5.97 Å². The van der Waals surface area contributed by atoms with Crippen LogP contribution in [0.15, 0.2) is 42.5 Å². The van der Waals surface area contributed by atoms with E-state index in [0.717, 1.165) is 6.42 Å². The fraction of sp³-hybridized carbons (Fsp3) is 0.471. The van der Waals surface area contributed by atoms with Crippen LogP contribution in [0.25, 0.3) is 0 Å². The maximum atomic E-state index is 12.5. The Balaban J connectivity index is 2.02. The summed E-state index contributed by atoms with van der Waals surface area (Å²) < 4.78 is 5.36. The highest BCUT2D eigenvalue weighted by Gasteiger charge is 2.58. The van der Waals surface area contributed by atoms with Gasteiger partial charge in [-0.1, -0.05) is 42.5 Å². The van der Waals surface area contributed by atoms with Crippen molar-refractivity contribution in [1.82, 2.24) is 0 Å². The molecule has 1 fully saturated rings. The van der Waals surface area contributed by atoms with Crippen molar-refractivity contribution in [2.75, 3.05) is 6.61 Å². The van der Waals surface area contributed by atoms with Crippen LogP contribution in [0.5, 0.6) is 0 Å². The first-order valence-electron chi connectivity index (χ1n) is 7.08. The number of rotatable bonds is 3. The molecule has 2 nitrogen and oxygen atoms in total. The molecule has 2 bridgehead atoms. The lowest BCUT2D eigenvalue weighted by atomic mass is 9.67. The zero-order valence-electron chi connectivity index (χ0n) is 11.5. The molecule has 100 valence electrons. The predicted octanol–water partition coefficient (Wildman–Crippen LogP) is 3.55. The van der Waals surface area contributed by atoms with Crippen molar-refractivity contribution in [1.29, 1.82) is 0 Å². The number of ether oxygens (including phenoxy) is 1. The summed E-state index contributed by atoms with van der Waals surface area (Å²) in [7, 11) is 0. The van der Waals surface area contributed by atoms with E-state index in [1.807, 2.05) is 13.0 Å². The third-order valence-electron chi connectivity index (χ3n) is 4.84. The van der Waals surface area contributed by atoms with Gasteiger partial charge < -0.3 is 4.74 Å². The van der Waals surface area contributed by atoms with E-state index in [4.69, 9.17) is 4.74 Å². The lowest BCUT2D eigenvalue weighted by Gasteiger charge is -2.36. The number of allylic oxidation sites excluding steroid dienone is 2. The van der Waals surface area contributed by atoms with Gasteiger partial charge in [-0.15, -0.1) is 0 Å². The average Bonchev–Trinajstić information content (AvgIpc) is 3.00. The quantitative estimate of drug-likeness (QED) is 0.610. The number of carbonyl (C=O) groups is 1. The summed E-state index contributed by atoms with van der Waals surface area (Å²) in [6, 6.07) is 10.4. The van der Waals surface area contributed by atoms with Gasteiger partial charge in [-0.2, -0.15) is 0 Å². The Morgan fingerprint density at radius 3 is 2.74 bits per heavy atom. The van der Waals surface area contributed by atoms with Crippen molar-refractivity contribution >= 4 is 5.97 Å². The smallest absolute Gasteiger partial charge is 0.313 e. The predicted molar refractivity (Wildman–Crippen MR) is 74.7 cm³/mol. The summed E-state index contributed by atoms with van der Waals surface area (Å²) >= 11 is 0. The molecule has 2 aliphatic carbocycles. The Labute approximate surface area is 114 Å². The van der Waals surface area contributed by atoms with E-state index in [1.54, 1.807) is 0 Å². The molecule has 1 aromatic rings. The molecule has 19 heavy (non-hydrogen) atoms. The second-order valence-electron chi connectivity index (χ2n) is 5.78. The number of fused-ring (bicyclic) bond motifs is 2. The van der Waals surface area contributed by atoms with Crippen molar-refractivity contribution in [2.24, 2.45) is 17.3 Å². The van der Waals surface area contributed by atoms with E-state index in [-0.39, 0.29) is 11.9 Å². The Morgan fingerprint density at radius 2 is 2.05 bits per heavy atom. The van der Waals surface area contributed by atoms with Gasteiger partial charge in [0.1, 0.15) is 0 Å². The Bertz CT molecular complexity index is 505. The van der Waals surface area contributed by atoms with E-state index in [0.29, 0.717) is 18.4 Å². The number of benzene rings is 1. The van der Waals surface area contributed by atoms with Crippen LogP contribution in [0.4, 0.5) is 0 Å². The van der Waals surface area contributed by atoms with Gasteiger partial charge in [0, 0.05) is 5.92 Å². The largest absolute Gasteiger partial charge is 0.466 e. The summed E-state index contributed by atoms with van der Waals surface area (Å²) in [6.45, 7) is 4.41. The van der Waals surface area contributed by atoms with Crippen LogP contribution in [0, 0.1) is 17.3 Å². The van der Waals surface area contributed by atoms with E-state index in [2.05, 4.69) is 43.3 Å². The summed E-state index contributed by atoms with van der Waals surface area (Å²) in [4.78, 5) is 12.5. The van der Waals surface area contributed by atoms with Gasteiger partial charge in [0.2, 0.25) is 0 Å². The van der Waals surface area contributed by atoms with E-state index in [1.165, 1.54) is 5.56 Å². The third kappa shape index (κ3) is 1.73. The van der Waals surface area contributed by atoms with Crippen LogP contribution >= 0.6 is 0 Å². The third-order valence-corrected chi connectivity index (χ3v) is 4.84. The molecule has 0 N–H and O–H groups in total. The first-order valence-corrected chi connectivity index (χ1v) is 7.08. The molecule has 4 unspecified atom stereocenters. The highest BCUT2D eigenvalue weighted by Crippen LogP contribution is 2.60. The van der Waals surface area contributed by atoms with E-state index < -0.39 is 5.41 Å². The molecule has 4 atom stereocenters.